The SMILES string of the molecule is Cc1onc(-c2ccccc2Cl)c1C(=O)N1CCO[C@@](COc2cccc(Cl)c2)(CC(=O)N2CCN(C)CC2)C1. The predicted molar refractivity (Wildman–Crippen MR) is 152 cm³/mol. The number of morpholine rings is 1. The van der Waals surface area contributed by atoms with Crippen LogP contribution in [0.5, 0.6) is 5.75 Å². The Morgan fingerprint density at radius 2 is 1.80 bits per heavy atom. The van der Waals surface area contributed by atoms with E-state index >= 15 is 0 Å². The molecule has 11 heteroatoms. The second-order valence-electron chi connectivity index (χ2n) is 10.3. The highest BCUT2D eigenvalue weighted by molar-refractivity contribution is 6.33. The monoisotopic (exact) mass is 586 g/mol. The van der Waals surface area contributed by atoms with Crippen molar-refractivity contribution in [3.05, 3.63) is 69.9 Å². The van der Waals surface area contributed by atoms with Crippen molar-refractivity contribution in [2.75, 3.05) is 59.5 Å². The zero-order valence-corrected chi connectivity index (χ0v) is 24.1. The van der Waals surface area contributed by atoms with Crippen LogP contribution in [-0.2, 0) is 9.53 Å². The van der Waals surface area contributed by atoms with Crippen LogP contribution in [0.4, 0.5) is 0 Å². The predicted octanol–water partition coefficient (Wildman–Crippen LogP) is 4.41. The Morgan fingerprint density at radius 1 is 1.02 bits per heavy atom. The summed E-state index contributed by atoms with van der Waals surface area (Å²) in [7, 11) is 2.04. The van der Waals surface area contributed by atoms with Gasteiger partial charge in [-0.05, 0) is 38.2 Å². The van der Waals surface area contributed by atoms with Crippen molar-refractivity contribution in [3.63, 3.8) is 0 Å². The van der Waals surface area contributed by atoms with E-state index in [2.05, 4.69) is 10.1 Å². The first-order valence-electron chi connectivity index (χ1n) is 13.2. The molecule has 0 bridgehead atoms. The maximum atomic E-state index is 14.0. The molecule has 3 heterocycles. The summed E-state index contributed by atoms with van der Waals surface area (Å²) < 4.78 is 17.9. The molecule has 0 radical (unpaired) electrons. The largest absolute Gasteiger partial charge is 0.490 e. The van der Waals surface area contributed by atoms with Crippen LogP contribution in [0.25, 0.3) is 11.3 Å². The number of ether oxygens (including phenoxy) is 2. The number of hydrogen-bond acceptors (Lipinski definition) is 7. The van der Waals surface area contributed by atoms with Crippen molar-refractivity contribution in [2.24, 2.45) is 0 Å². The standard InChI is InChI=1S/C29H32Cl2N4O5/c1-20-26(27(32-40-20)23-8-3-4-9-24(23)31)28(37)35-14-15-39-29(18-35,19-38-22-7-5-6-21(30)16-22)17-25(36)34-12-10-33(2)11-13-34/h3-9,16H,10-15,17-19H2,1-2H3/t29-/m0/s1. The average Bonchev–Trinajstić information content (AvgIpc) is 3.33. The van der Waals surface area contributed by atoms with E-state index in [-0.39, 0.29) is 38.0 Å². The third kappa shape index (κ3) is 6.28. The van der Waals surface area contributed by atoms with Gasteiger partial charge in [0, 0.05) is 43.3 Å². The summed E-state index contributed by atoms with van der Waals surface area (Å²) in [5.41, 5.74) is 0.268. The lowest BCUT2D eigenvalue weighted by Gasteiger charge is -2.43. The summed E-state index contributed by atoms with van der Waals surface area (Å²) in [5.74, 6) is 0.647. The van der Waals surface area contributed by atoms with Gasteiger partial charge in [-0.15, -0.1) is 0 Å². The van der Waals surface area contributed by atoms with Crippen LogP contribution in [0.15, 0.2) is 53.1 Å². The second-order valence-corrected chi connectivity index (χ2v) is 11.2. The Hall–Kier alpha value is -3.11. The molecule has 2 fully saturated rings. The molecule has 1 atom stereocenters. The van der Waals surface area contributed by atoms with E-state index in [0.29, 0.717) is 58.0 Å². The molecule has 2 aliphatic rings. The summed E-state index contributed by atoms with van der Waals surface area (Å²) in [4.78, 5) is 33.2. The molecule has 2 aliphatic heterocycles. The minimum atomic E-state index is -1.06. The molecule has 0 N–H and O–H groups in total. The molecule has 212 valence electrons. The van der Waals surface area contributed by atoms with Gasteiger partial charge in [-0.2, -0.15) is 0 Å². The minimum Gasteiger partial charge on any atom is -0.490 e. The van der Waals surface area contributed by atoms with E-state index in [9.17, 15) is 9.59 Å². The molecule has 3 aromatic rings. The zero-order chi connectivity index (χ0) is 28.3. The molecule has 9 nitrogen and oxygen atoms in total. The normalized spacial score (nSPS) is 20.0. The van der Waals surface area contributed by atoms with Gasteiger partial charge in [0.25, 0.3) is 5.91 Å². The van der Waals surface area contributed by atoms with Crippen molar-refractivity contribution >= 4 is 35.0 Å². The molecule has 0 saturated carbocycles. The van der Waals surface area contributed by atoms with E-state index in [4.69, 9.17) is 37.2 Å². The Morgan fingerprint density at radius 3 is 2.55 bits per heavy atom. The highest BCUT2D eigenvalue weighted by atomic mass is 35.5. The molecule has 40 heavy (non-hydrogen) atoms. The van der Waals surface area contributed by atoms with Gasteiger partial charge in [0.1, 0.15) is 35.0 Å². The Balaban J connectivity index is 1.41. The average molecular weight is 588 g/mol. The summed E-state index contributed by atoms with van der Waals surface area (Å²) in [6.45, 7) is 5.40. The fourth-order valence-electron chi connectivity index (χ4n) is 5.10. The van der Waals surface area contributed by atoms with Crippen molar-refractivity contribution in [2.45, 2.75) is 18.9 Å². The number of aryl methyl sites for hydroxylation is 1. The first-order chi connectivity index (χ1) is 19.2. The van der Waals surface area contributed by atoms with E-state index in [1.54, 1.807) is 48.2 Å². The molecule has 2 amide bonds. The zero-order valence-electron chi connectivity index (χ0n) is 22.6. The number of aromatic nitrogens is 1. The first-order valence-corrected chi connectivity index (χ1v) is 14.0. The van der Waals surface area contributed by atoms with Crippen LogP contribution in [0.1, 0.15) is 22.5 Å². The topological polar surface area (TPSA) is 88.3 Å². The van der Waals surface area contributed by atoms with Crippen molar-refractivity contribution in [3.8, 4) is 17.0 Å². The molecule has 0 unspecified atom stereocenters. The molecule has 5 rings (SSSR count). The van der Waals surface area contributed by atoms with Gasteiger partial charge in [-0.3, -0.25) is 9.59 Å². The fraction of sp³-hybridized carbons (Fsp3) is 0.414. The number of carbonyl (C=O) groups is 2. The fourth-order valence-corrected chi connectivity index (χ4v) is 5.50. The van der Waals surface area contributed by atoms with Crippen LogP contribution in [0, 0.1) is 6.92 Å². The summed E-state index contributed by atoms with van der Waals surface area (Å²) in [5, 5.41) is 5.16. The minimum absolute atomic E-state index is 0.0324. The molecule has 2 aromatic carbocycles. The van der Waals surface area contributed by atoms with Gasteiger partial charge in [0.15, 0.2) is 0 Å². The van der Waals surface area contributed by atoms with E-state index < -0.39 is 5.60 Å². The number of likely N-dealkylation sites (N-methyl/N-ethyl adjacent to an activating group) is 1. The van der Waals surface area contributed by atoms with Crippen LogP contribution < -0.4 is 4.74 Å². The lowest BCUT2D eigenvalue weighted by atomic mass is 9.95. The van der Waals surface area contributed by atoms with Gasteiger partial charge >= 0.3 is 0 Å². The summed E-state index contributed by atoms with van der Waals surface area (Å²) in [6.07, 6.45) is 0.0705. The Kier molecular flexibility index (Phi) is 8.65. The molecule has 0 aliphatic carbocycles. The van der Waals surface area contributed by atoms with Gasteiger partial charge in [0.2, 0.25) is 5.91 Å². The van der Waals surface area contributed by atoms with E-state index in [1.165, 1.54) is 0 Å². The quantitative estimate of drug-likeness (QED) is 0.405. The maximum Gasteiger partial charge on any atom is 0.259 e. The first kappa shape index (κ1) is 28.4. The number of amides is 2. The maximum absolute atomic E-state index is 14.0. The third-order valence-corrected chi connectivity index (χ3v) is 7.93. The molecular weight excluding hydrogens is 555 g/mol. The number of rotatable bonds is 7. The lowest BCUT2D eigenvalue weighted by molar-refractivity contribution is -0.154. The van der Waals surface area contributed by atoms with Gasteiger partial charge in [-0.1, -0.05) is 52.6 Å². The molecule has 2 saturated heterocycles. The summed E-state index contributed by atoms with van der Waals surface area (Å²) >= 11 is 12.6. The van der Waals surface area contributed by atoms with Crippen molar-refractivity contribution in [1.29, 1.82) is 0 Å². The lowest BCUT2D eigenvalue weighted by Crippen LogP contribution is -2.59. The van der Waals surface area contributed by atoms with Gasteiger partial charge in [-0.25, -0.2) is 0 Å². The van der Waals surface area contributed by atoms with Crippen LogP contribution in [0.3, 0.4) is 0 Å². The van der Waals surface area contributed by atoms with E-state index in [1.807, 2.05) is 24.1 Å². The van der Waals surface area contributed by atoms with Crippen molar-refractivity contribution in [1.82, 2.24) is 19.9 Å². The van der Waals surface area contributed by atoms with E-state index in [0.717, 1.165) is 13.1 Å². The molecular formula is C29H32Cl2N4O5. The second kappa shape index (κ2) is 12.2. The Labute approximate surface area is 243 Å². The number of nitrogens with zero attached hydrogens (tertiary/aromatic N) is 4. The number of hydrogen-bond donors (Lipinski definition) is 0. The Bertz CT molecular complexity index is 1370. The highest BCUT2D eigenvalue weighted by Gasteiger charge is 2.43. The molecule has 1 aromatic heterocycles. The van der Waals surface area contributed by atoms with Crippen LogP contribution in [0.2, 0.25) is 10.0 Å². The third-order valence-electron chi connectivity index (χ3n) is 7.37. The summed E-state index contributed by atoms with van der Waals surface area (Å²) in [6, 6.07) is 14.2. The number of halogens is 2. The van der Waals surface area contributed by atoms with Crippen LogP contribution >= 0.6 is 23.2 Å². The number of carbonyl (C=O) groups excluding carboxylic acids is 2. The van der Waals surface area contributed by atoms with Crippen LogP contribution in [-0.4, -0.2) is 96.8 Å². The van der Waals surface area contributed by atoms with Gasteiger partial charge < -0.3 is 28.7 Å². The molecule has 0 spiro atoms. The van der Waals surface area contributed by atoms with Crippen molar-refractivity contribution < 1.29 is 23.6 Å². The number of piperazine rings is 1. The van der Waals surface area contributed by atoms with Gasteiger partial charge in [0.05, 0.1) is 24.6 Å². The highest BCUT2D eigenvalue weighted by Crippen LogP contribution is 2.33. The number of benzene rings is 2. The smallest absolute Gasteiger partial charge is 0.259 e.